The maximum Gasteiger partial charge on any atom is 0.151 e. The van der Waals surface area contributed by atoms with Crippen molar-refractivity contribution in [3.8, 4) is 0 Å². The van der Waals surface area contributed by atoms with Crippen LogP contribution in [0.25, 0.3) is 0 Å². The third kappa shape index (κ3) is 3.10. The summed E-state index contributed by atoms with van der Waals surface area (Å²) in [7, 11) is 1.79. The fourth-order valence-corrected chi connectivity index (χ4v) is 2.49. The molecule has 0 aliphatic carbocycles. The number of carbonyl (C=O) groups excluding carboxylic acids is 1. The monoisotopic (exact) mass is 270 g/mol. The van der Waals surface area contributed by atoms with Crippen molar-refractivity contribution < 1.29 is 4.79 Å². The van der Waals surface area contributed by atoms with E-state index in [-0.39, 0.29) is 5.78 Å². The van der Waals surface area contributed by atoms with Crippen molar-refractivity contribution in [1.29, 1.82) is 0 Å². The van der Waals surface area contributed by atoms with E-state index in [4.69, 9.17) is 11.6 Å². The smallest absolute Gasteiger partial charge is 0.151 e. The molecule has 18 heavy (non-hydrogen) atoms. The topological polar surface area (TPSA) is 50.2 Å². The number of rotatable bonds is 4. The lowest BCUT2D eigenvalue weighted by atomic mass is 10.1. The van der Waals surface area contributed by atoms with Gasteiger partial charge in [-0.05, 0) is 6.92 Å². The number of nitrogens with one attached hydrogen (secondary N) is 1. The van der Waals surface area contributed by atoms with Crippen LogP contribution in [0.4, 0.5) is 0 Å². The number of ketones is 1. The van der Waals surface area contributed by atoms with E-state index < -0.39 is 0 Å². The maximum atomic E-state index is 12.0. The molecule has 2 heterocycles. The van der Waals surface area contributed by atoms with Crippen LogP contribution in [0.2, 0.25) is 5.15 Å². The lowest BCUT2D eigenvalue weighted by Gasteiger charge is -2.26. The molecule has 0 radical (unpaired) electrons. The second kappa shape index (κ2) is 5.82. The van der Waals surface area contributed by atoms with Gasteiger partial charge in [0.05, 0.1) is 12.2 Å². The number of Topliss-reactive ketones (excluding diaryl/α,β-unsaturated/α-hetero) is 1. The molecule has 1 aromatic heterocycles. The summed E-state index contributed by atoms with van der Waals surface area (Å²) >= 11 is 6.13. The summed E-state index contributed by atoms with van der Waals surface area (Å²) in [6.45, 7) is 6.18. The second-order valence-corrected chi connectivity index (χ2v) is 5.08. The molecule has 1 saturated heterocycles. The molecule has 0 saturated carbocycles. The standard InChI is InChI=1S/C12H19ClN4O/c1-9-11(12(13)16(2)15-9)7-10(18)8-17-5-3-14-4-6-17/h14H,3-8H2,1-2H3. The third-order valence-electron chi connectivity index (χ3n) is 3.25. The molecule has 0 aromatic carbocycles. The largest absolute Gasteiger partial charge is 0.314 e. The summed E-state index contributed by atoms with van der Waals surface area (Å²) in [5.41, 5.74) is 1.70. The Balaban J connectivity index is 1.94. The first-order valence-electron chi connectivity index (χ1n) is 6.20. The van der Waals surface area contributed by atoms with Gasteiger partial charge in [-0.2, -0.15) is 5.10 Å². The number of hydrogen-bond donors (Lipinski definition) is 1. The number of aryl methyl sites for hydroxylation is 2. The van der Waals surface area contributed by atoms with Crippen LogP contribution in [0.3, 0.4) is 0 Å². The second-order valence-electron chi connectivity index (χ2n) is 4.72. The van der Waals surface area contributed by atoms with Crippen LogP contribution in [0, 0.1) is 6.92 Å². The normalized spacial score (nSPS) is 17.1. The van der Waals surface area contributed by atoms with E-state index in [9.17, 15) is 4.79 Å². The zero-order chi connectivity index (χ0) is 13.1. The fourth-order valence-electron chi connectivity index (χ4n) is 2.25. The van der Waals surface area contributed by atoms with Gasteiger partial charge >= 0.3 is 0 Å². The van der Waals surface area contributed by atoms with Crippen molar-refractivity contribution in [1.82, 2.24) is 20.0 Å². The Morgan fingerprint density at radius 1 is 1.44 bits per heavy atom. The van der Waals surface area contributed by atoms with Crippen LogP contribution in [0.15, 0.2) is 0 Å². The minimum Gasteiger partial charge on any atom is -0.314 e. The lowest BCUT2D eigenvalue weighted by Crippen LogP contribution is -2.45. The Hall–Kier alpha value is -0.910. The SMILES string of the molecule is Cc1nn(C)c(Cl)c1CC(=O)CN1CCNCC1. The first-order chi connectivity index (χ1) is 8.58. The van der Waals surface area contributed by atoms with E-state index >= 15 is 0 Å². The first kappa shape index (κ1) is 13.5. The average Bonchev–Trinajstić information content (AvgIpc) is 2.57. The van der Waals surface area contributed by atoms with Crippen LogP contribution in [0.5, 0.6) is 0 Å². The molecule has 1 aliphatic heterocycles. The third-order valence-corrected chi connectivity index (χ3v) is 3.73. The van der Waals surface area contributed by atoms with Crippen LogP contribution in [-0.4, -0.2) is 53.2 Å². The molecule has 6 heteroatoms. The summed E-state index contributed by atoms with van der Waals surface area (Å²) in [5.74, 6) is 0.204. The van der Waals surface area contributed by atoms with E-state index in [2.05, 4.69) is 15.3 Å². The summed E-state index contributed by atoms with van der Waals surface area (Å²) < 4.78 is 1.62. The van der Waals surface area contributed by atoms with E-state index in [1.165, 1.54) is 0 Å². The molecule has 1 N–H and O–H groups in total. The highest BCUT2D eigenvalue weighted by molar-refractivity contribution is 6.30. The van der Waals surface area contributed by atoms with Crippen LogP contribution in [0.1, 0.15) is 11.3 Å². The van der Waals surface area contributed by atoms with Gasteiger partial charge in [0.2, 0.25) is 0 Å². The number of aromatic nitrogens is 2. The molecule has 1 aliphatic rings. The van der Waals surface area contributed by atoms with Crippen molar-refractivity contribution >= 4 is 17.4 Å². The molecular formula is C12H19ClN4O. The highest BCUT2D eigenvalue weighted by Gasteiger charge is 2.18. The maximum absolute atomic E-state index is 12.0. The zero-order valence-corrected chi connectivity index (χ0v) is 11.6. The van der Waals surface area contributed by atoms with Crippen LogP contribution < -0.4 is 5.32 Å². The summed E-state index contributed by atoms with van der Waals surface area (Å²) in [5, 5.41) is 8.06. The van der Waals surface area contributed by atoms with Gasteiger partial charge in [-0.3, -0.25) is 14.4 Å². The molecular weight excluding hydrogens is 252 g/mol. The van der Waals surface area contributed by atoms with Gasteiger partial charge in [0.1, 0.15) is 5.15 Å². The van der Waals surface area contributed by atoms with E-state index in [1.54, 1.807) is 11.7 Å². The molecule has 1 fully saturated rings. The first-order valence-corrected chi connectivity index (χ1v) is 6.58. The highest BCUT2D eigenvalue weighted by Crippen LogP contribution is 2.19. The Morgan fingerprint density at radius 3 is 2.67 bits per heavy atom. The number of hydrogen-bond acceptors (Lipinski definition) is 4. The van der Waals surface area contributed by atoms with E-state index in [0.717, 1.165) is 37.4 Å². The zero-order valence-electron chi connectivity index (χ0n) is 10.9. The molecule has 5 nitrogen and oxygen atoms in total. The molecule has 0 spiro atoms. The molecule has 0 amide bonds. The molecule has 1 aromatic rings. The Morgan fingerprint density at radius 2 is 2.11 bits per heavy atom. The summed E-state index contributed by atoms with van der Waals surface area (Å²) in [4.78, 5) is 14.2. The number of carbonyl (C=O) groups is 1. The van der Waals surface area contributed by atoms with Crippen LogP contribution in [-0.2, 0) is 18.3 Å². The Bertz CT molecular complexity index is 438. The van der Waals surface area contributed by atoms with Crippen molar-refractivity contribution in [2.45, 2.75) is 13.3 Å². The lowest BCUT2D eigenvalue weighted by molar-refractivity contribution is -0.119. The van der Waals surface area contributed by atoms with Gasteiger partial charge in [-0.15, -0.1) is 0 Å². The van der Waals surface area contributed by atoms with Gasteiger partial charge in [0.15, 0.2) is 5.78 Å². The molecule has 0 atom stereocenters. The Kier molecular flexibility index (Phi) is 4.37. The van der Waals surface area contributed by atoms with Gasteiger partial charge in [-0.25, -0.2) is 0 Å². The molecule has 2 rings (SSSR count). The number of halogens is 1. The van der Waals surface area contributed by atoms with Crippen molar-refractivity contribution in [3.63, 3.8) is 0 Å². The predicted octanol–water partition coefficient (Wildman–Crippen LogP) is 0.399. The fraction of sp³-hybridized carbons (Fsp3) is 0.667. The van der Waals surface area contributed by atoms with Crippen molar-refractivity contribution in [2.75, 3.05) is 32.7 Å². The number of nitrogens with zero attached hydrogens (tertiary/aromatic N) is 3. The number of piperazine rings is 1. The van der Waals surface area contributed by atoms with E-state index in [0.29, 0.717) is 18.1 Å². The summed E-state index contributed by atoms with van der Waals surface area (Å²) in [6, 6.07) is 0. The van der Waals surface area contributed by atoms with Gasteiger partial charge in [0.25, 0.3) is 0 Å². The molecule has 0 unspecified atom stereocenters. The Labute approximate surface area is 112 Å². The minimum atomic E-state index is 0.204. The molecule has 0 bridgehead atoms. The van der Waals surface area contributed by atoms with Gasteiger partial charge in [-0.1, -0.05) is 11.6 Å². The van der Waals surface area contributed by atoms with Gasteiger partial charge in [0, 0.05) is 45.2 Å². The van der Waals surface area contributed by atoms with Gasteiger partial charge < -0.3 is 5.32 Å². The van der Waals surface area contributed by atoms with Crippen molar-refractivity contribution in [3.05, 3.63) is 16.4 Å². The quantitative estimate of drug-likeness (QED) is 0.861. The minimum absolute atomic E-state index is 0.204. The summed E-state index contributed by atoms with van der Waals surface area (Å²) in [6.07, 6.45) is 0.377. The van der Waals surface area contributed by atoms with Crippen LogP contribution >= 0.6 is 11.6 Å². The average molecular weight is 271 g/mol. The van der Waals surface area contributed by atoms with E-state index in [1.807, 2.05) is 6.92 Å². The highest BCUT2D eigenvalue weighted by atomic mass is 35.5. The predicted molar refractivity (Wildman–Crippen MR) is 71.0 cm³/mol. The van der Waals surface area contributed by atoms with Crippen molar-refractivity contribution in [2.24, 2.45) is 7.05 Å². The molecule has 100 valence electrons.